The highest BCUT2D eigenvalue weighted by atomic mass is 19.1. The van der Waals surface area contributed by atoms with E-state index in [1.165, 1.54) is 0 Å². The molecule has 1 unspecified atom stereocenters. The molecule has 0 saturated carbocycles. The van der Waals surface area contributed by atoms with Gasteiger partial charge in [-0.15, -0.1) is 0 Å². The maximum atomic E-state index is 12.9. The lowest BCUT2D eigenvalue weighted by Gasteiger charge is -2.03. The molecule has 0 aromatic carbocycles. The Labute approximate surface area is 64.7 Å². The molecule has 0 amide bonds. The molecule has 0 saturated heterocycles. The van der Waals surface area contributed by atoms with Crippen molar-refractivity contribution in [2.75, 3.05) is 6.61 Å². The normalized spacial score (nSPS) is 12.9. The van der Waals surface area contributed by atoms with Crippen molar-refractivity contribution in [3.05, 3.63) is 30.1 Å². The van der Waals surface area contributed by atoms with E-state index in [1.54, 1.807) is 24.4 Å². The molecular formula is C8H10FNO. The molecule has 3 heteroatoms. The minimum absolute atomic E-state index is 0.122. The first-order valence-corrected chi connectivity index (χ1v) is 3.50. The van der Waals surface area contributed by atoms with Crippen molar-refractivity contribution < 1.29 is 9.50 Å². The maximum Gasteiger partial charge on any atom is 0.144 e. The van der Waals surface area contributed by atoms with E-state index in [0.717, 1.165) is 0 Å². The van der Waals surface area contributed by atoms with E-state index < -0.39 is 6.17 Å². The molecule has 0 radical (unpaired) electrons. The van der Waals surface area contributed by atoms with Crippen LogP contribution in [0.1, 0.15) is 18.3 Å². The number of halogens is 1. The molecule has 1 aromatic rings. The summed E-state index contributed by atoms with van der Waals surface area (Å²) >= 11 is 0. The van der Waals surface area contributed by atoms with Gasteiger partial charge in [0.1, 0.15) is 6.17 Å². The second kappa shape index (κ2) is 4.03. The Morgan fingerprint density at radius 2 is 2.36 bits per heavy atom. The summed E-state index contributed by atoms with van der Waals surface area (Å²) in [6.07, 6.45) is 0.525. The van der Waals surface area contributed by atoms with Crippen LogP contribution < -0.4 is 0 Å². The highest BCUT2D eigenvalue weighted by Crippen LogP contribution is 2.17. The Balaban J connectivity index is 2.61. The maximum absolute atomic E-state index is 12.9. The molecule has 0 aliphatic rings. The van der Waals surface area contributed by atoms with Gasteiger partial charge in [0.05, 0.1) is 5.69 Å². The minimum Gasteiger partial charge on any atom is -0.396 e. The molecule has 0 fully saturated rings. The van der Waals surface area contributed by atoms with Gasteiger partial charge in [0.2, 0.25) is 0 Å². The second-order valence-corrected chi connectivity index (χ2v) is 2.23. The van der Waals surface area contributed by atoms with Gasteiger partial charge in [-0.25, -0.2) is 4.39 Å². The van der Waals surface area contributed by atoms with Crippen molar-refractivity contribution >= 4 is 0 Å². The third-order valence-electron chi connectivity index (χ3n) is 1.39. The number of hydrogen-bond acceptors (Lipinski definition) is 2. The number of rotatable bonds is 3. The number of alkyl halides is 1. The summed E-state index contributed by atoms with van der Waals surface area (Å²) < 4.78 is 12.9. The first-order valence-electron chi connectivity index (χ1n) is 3.50. The molecule has 1 aromatic heterocycles. The quantitative estimate of drug-likeness (QED) is 0.717. The predicted molar refractivity (Wildman–Crippen MR) is 39.8 cm³/mol. The van der Waals surface area contributed by atoms with E-state index in [1.807, 2.05) is 0 Å². The number of aliphatic hydroxyl groups is 1. The van der Waals surface area contributed by atoms with E-state index in [2.05, 4.69) is 4.98 Å². The van der Waals surface area contributed by atoms with Gasteiger partial charge in [0.25, 0.3) is 0 Å². The lowest BCUT2D eigenvalue weighted by molar-refractivity contribution is 0.219. The smallest absolute Gasteiger partial charge is 0.144 e. The van der Waals surface area contributed by atoms with Gasteiger partial charge in [0.15, 0.2) is 0 Å². The van der Waals surface area contributed by atoms with Gasteiger partial charge in [0, 0.05) is 19.2 Å². The van der Waals surface area contributed by atoms with Crippen molar-refractivity contribution in [3.8, 4) is 0 Å². The molecule has 0 bridgehead atoms. The van der Waals surface area contributed by atoms with Crippen LogP contribution >= 0.6 is 0 Å². The summed E-state index contributed by atoms with van der Waals surface area (Å²) in [5, 5.41) is 8.43. The first kappa shape index (κ1) is 8.14. The lowest BCUT2D eigenvalue weighted by Crippen LogP contribution is -1.97. The molecular weight excluding hydrogens is 145 g/mol. The third kappa shape index (κ3) is 2.27. The molecule has 2 nitrogen and oxygen atoms in total. The molecule has 1 N–H and O–H groups in total. The average molecular weight is 155 g/mol. The third-order valence-corrected chi connectivity index (χ3v) is 1.39. The van der Waals surface area contributed by atoms with Gasteiger partial charge >= 0.3 is 0 Å². The number of pyridine rings is 1. The number of aromatic nitrogens is 1. The van der Waals surface area contributed by atoms with Gasteiger partial charge < -0.3 is 5.11 Å². The van der Waals surface area contributed by atoms with E-state index in [0.29, 0.717) is 5.69 Å². The predicted octanol–water partition coefficient (Wildman–Crippen LogP) is 1.47. The van der Waals surface area contributed by atoms with Gasteiger partial charge in [-0.1, -0.05) is 6.07 Å². The number of nitrogens with zero attached hydrogens (tertiary/aromatic N) is 1. The molecule has 0 spiro atoms. The number of aliphatic hydroxyl groups excluding tert-OH is 1. The fourth-order valence-corrected chi connectivity index (χ4v) is 0.822. The summed E-state index contributed by atoms with van der Waals surface area (Å²) in [5.41, 5.74) is 0.390. The summed E-state index contributed by atoms with van der Waals surface area (Å²) in [4.78, 5) is 3.81. The van der Waals surface area contributed by atoms with Crippen molar-refractivity contribution in [1.82, 2.24) is 4.98 Å². The van der Waals surface area contributed by atoms with E-state index in [4.69, 9.17) is 5.11 Å². The monoisotopic (exact) mass is 155 g/mol. The van der Waals surface area contributed by atoms with Crippen LogP contribution in [0.3, 0.4) is 0 Å². The van der Waals surface area contributed by atoms with Crippen molar-refractivity contribution in [2.24, 2.45) is 0 Å². The van der Waals surface area contributed by atoms with Crippen LogP contribution in [0.4, 0.5) is 4.39 Å². The molecule has 1 atom stereocenters. The fourth-order valence-electron chi connectivity index (χ4n) is 0.822. The Kier molecular flexibility index (Phi) is 2.98. The fraction of sp³-hybridized carbons (Fsp3) is 0.375. The highest BCUT2D eigenvalue weighted by molar-refractivity contribution is 5.06. The van der Waals surface area contributed by atoms with Gasteiger partial charge in [-0.2, -0.15) is 0 Å². The molecule has 1 rings (SSSR count). The average Bonchev–Trinajstić information content (AvgIpc) is 2.07. The largest absolute Gasteiger partial charge is 0.396 e. The van der Waals surface area contributed by atoms with Gasteiger partial charge in [-0.3, -0.25) is 4.98 Å². The Morgan fingerprint density at radius 3 is 2.91 bits per heavy atom. The first-order chi connectivity index (χ1) is 5.34. The van der Waals surface area contributed by atoms with Crippen LogP contribution in [0, 0.1) is 0 Å². The second-order valence-electron chi connectivity index (χ2n) is 2.23. The van der Waals surface area contributed by atoms with Crippen LogP contribution in [-0.2, 0) is 0 Å². The van der Waals surface area contributed by atoms with E-state index in [-0.39, 0.29) is 13.0 Å². The Hall–Kier alpha value is -0.960. The summed E-state index contributed by atoms with van der Waals surface area (Å²) in [5.74, 6) is 0. The van der Waals surface area contributed by atoms with Crippen LogP contribution in [0.5, 0.6) is 0 Å². The van der Waals surface area contributed by atoms with Crippen molar-refractivity contribution in [3.63, 3.8) is 0 Å². The van der Waals surface area contributed by atoms with Crippen LogP contribution in [0.2, 0.25) is 0 Å². The number of hydrogen-bond donors (Lipinski definition) is 1. The zero-order valence-corrected chi connectivity index (χ0v) is 6.07. The van der Waals surface area contributed by atoms with Gasteiger partial charge in [-0.05, 0) is 12.1 Å². The zero-order valence-electron chi connectivity index (χ0n) is 6.07. The molecule has 0 aliphatic carbocycles. The summed E-state index contributed by atoms with van der Waals surface area (Å²) in [6, 6.07) is 5.07. The van der Waals surface area contributed by atoms with Crippen LogP contribution in [-0.4, -0.2) is 16.7 Å². The Morgan fingerprint density at radius 1 is 1.55 bits per heavy atom. The SMILES string of the molecule is OCCC(F)c1ccccn1. The zero-order chi connectivity index (χ0) is 8.10. The standard InChI is InChI=1S/C8H10FNO/c9-7(4-6-11)8-3-1-2-5-10-8/h1-3,5,7,11H,4,6H2. The minimum atomic E-state index is -1.14. The summed E-state index contributed by atoms with van der Waals surface area (Å²) in [6.45, 7) is -0.141. The molecule has 60 valence electrons. The van der Waals surface area contributed by atoms with E-state index >= 15 is 0 Å². The lowest BCUT2D eigenvalue weighted by atomic mass is 10.2. The van der Waals surface area contributed by atoms with Crippen molar-refractivity contribution in [2.45, 2.75) is 12.6 Å². The molecule has 0 aliphatic heterocycles. The van der Waals surface area contributed by atoms with Crippen LogP contribution in [0.15, 0.2) is 24.4 Å². The Bertz CT molecular complexity index is 203. The molecule has 11 heavy (non-hydrogen) atoms. The highest BCUT2D eigenvalue weighted by Gasteiger charge is 2.08. The van der Waals surface area contributed by atoms with Crippen molar-refractivity contribution in [1.29, 1.82) is 0 Å². The summed E-state index contributed by atoms with van der Waals surface area (Å²) in [7, 11) is 0. The topological polar surface area (TPSA) is 33.1 Å². The molecule has 1 heterocycles. The van der Waals surface area contributed by atoms with E-state index in [9.17, 15) is 4.39 Å². The van der Waals surface area contributed by atoms with Crippen LogP contribution in [0.25, 0.3) is 0 Å².